The van der Waals surface area contributed by atoms with Crippen LogP contribution in [0.5, 0.6) is 0 Å². The van der Waals surface area contributed by atoms with Gasteiger partial charge < -0.3 is 15.2 Å². The summed E-state index contributed by atoms with van der Waals surface area (Å²) in [6, 6.07) is 0. The molecule has 0 radical (unpaired) electrons. The lowest BCUT2D eigenvalue weighted by molar-refractivity contribution is -0.151. The van der Waals surface area contributed by atoms with Gasteiger partial charge in [0.1, 0.15) is 6.10 Å². The minimum atomic E-state index is -2.94. The molecular weight excluding hydrogens is 274 g/mol. The number of hydrogen-bond acceptors (Lipinski definition) is 5. The van der Waals surface area contributed by atoms with Crippen LogP contribution in [0.4, 0.5) is 0 Å². The second-order valence-corrected chi connectivity index (χ2v) is 7.27. The SMILES string of the molecule is O=C(O)C1CCC(C(=O)NCC2CCS(=O)(=O)C2)O1. The van der Waals surface area contributed by atoms with Gasteiger partial charge in [0.2, 0.25) is 5.91 Å². The van der Waals surface area contributed by atoms with Crippen molar-refractivity contribution >= 4 is 21.7 Å². The second-order valence-electron chi connectivity index (χ2n) is 5.04. The quantitative estimate of drug-likeness (QED) is 0.699. The highest BCUT2D eigenvalue weighted by Crippen LogP contribution is 2.21. The highest BCUT2D eigenvalue weighted by Gasteiger charge is 2.35. The van der Waals surface area contributed by atoms with Crippen molar-refractivity contribution in [1.29, 1.82) is 0 Å². The van der Waals surface area contributed by atoms with Gasteiger partial charge in [0.05, 0.1) is 11.5 Å². The van der Waals surface area contributed by atoms with Crippen LogP contribution in [0.3, 0.4) is 0 Å². The molecule has 2 saturated heterocycles. The van der Waals surface area contributed by atoms with Crippen molar-refractivity contribution in [3.8, 4) is 0 Å². The molecule has 2 rings (SSSR count). The van der Waals surface area contributed by atoms with Crippen LogP contribution in [0.1, 0.15) is 19.3 Å². The average molecular weight is 291 g/mol. The zero-order chi connectivity index (χ0) is 14.0. The minimum absolute atomic E-state index is 0.0503. The summed E-state index contributed by atoms with van der Waals surface area (Å²) in [5.74, 6) is -1.18. The van der Waals surface area contributed by atoms with Crippen LogP contribution in [0, 0.1) is 5.92 Å². The van der Waals surface area contributed by atoms with Crippen molar-refractivity contribution in [1.82, 2.24) is 5.32 Å². The first-order valence-electron chi connectivity index (χ1n) is 6.24. The van der Waals surface area contributed by atoms with Crippen LogP contribution in [-0.4, -0.2) is 55.7 Å². The van der Waals surface area contributed by atoms with Gasteiger partial charge in [0.15, 0.2) is 15.9 Å². The number of ether oxygens (including phenoxy) is 1. The lowest BCUT2D eigenvalue weighted by Gasteiger charge is -2.14. The van der Waals surface area contributed by atoms with Crippen LogP contribution in [-0.2, 0) is 24.2 Å². The van der Waals surface area contributed by atoms with Gasteiger partial charge in [0.25, 0.3) is 0 Å². The van der Waals surface area contributed by atoms with Crippen LogP contribution < -0.4 is 5.32 Å². The van der Waals surface area contributed by atoms with Gasteiger partial charge in [-0.05, 0) is 25.2 Å². The molecule has 0 saturated carbocycles. The maximum atomic E-state index is 11.8. The van der Waals surface area contributed by atoms with Crippen LogP contribution in [0.2, 0.25) is 0 Å². The summed E-state index contributed by atoms with van der Waals surface area (Å²) in [7, 11) is -2.94. The summed E-state index contributed by atoms with van der Waals surface area (Å²) < 4.78 is 27.6. The number of nitrogens with one attached hydrogen (secondary N) is 1. The van der Waals surface area contributed by atoms with E-state index in [1.165, 1.54) is 0 Å². The van der Waals surface area contributed by atoms with Crippen molar-refractivity contribution in [3.63, 3.8) is 0 Å². The molecule has 2 aliphatic rings. The lowest BCUT2D eigenvalue weighted by atomic mass is 10.1. The predicted molar refractivity (Wildman–Crippen MR) is 65.3 cm³/mol. The van der Waals surface area contributed by atoms with Crippen molar-refractivity contribution in [3.05, 3.63) is 0 Å². The topological polar surface area (TPSA) is 110 Å². The van der Waals surface area contributed by atoms with Gasteiger partial charge in [-0.15, -0.1) is 0 Å². The fraction of sp³-hybridized carbons (Fsp3) is 0.818. The Morgan fingerprint density at radius 3 is 2.42 bits per heavy atom. The zero-order valence-electron chi connectivity index (χ0n) is 10.4. The fourth-order valence-corrected chi connectivity index (χ4v) is 4.27. The molecule has 2 fully saturated rings. The van der Waals surface area contributed by atoms with Gasteiger partial charge in [-0.2, -0.15) is 0 Å². The first-order chi connectivity index (χ1) is 8.87. The monoisotopic (exact) mass is 291 g/mol. The molecule has 3 atom stereocenters. The number of carboxylic acid groups (broad SMARTS) is 1. The van der Waals surface area contributed by atoms with E-state index in [-0.39, 0.29) is 23.3 Å². The number of carbonyl (C=O) groups is 2. The molecule has 0 spiro atoms. The molecule has 0 aromatic carbocycles. The van der Waals surface area contributed by atoms with Crippen LogP contribution >= 0.6 is 0 Å². The third kappa shape index (κ3) is 3.66. The highest BCUT2D eigenvalue weighted by atomic mass is 32.2. The molecule has 2 aliphatic heterocycles. The Kier molecular flexibility index (Phi) is 4.10. The third-order valence-corrected chi connectivity index (χ3v) is 5.32. The van der Waals surface area contributed by atoms with Gasteiger partial charge >= 0.3 is 5.97 Å². The summed E-state index contributed by atoms with van der Waals surface area (Å²) in [5.41, 5.74) is 0. The summed E-state index contributed by atoms with van der Waals surface area (Å²) >= 11 is 0. The molecule has 1 amide bonds. The van der Waals surface area contributed by atoms with E-state index in [9.17, 15) is 18.0 Å². The van der Waals surface area contributed by atoms with Gasteiger partial charge in [-0.25, -0.2) is 13.2 Å². The van der Waals surface area contributed by atoms with Gasteiger partial charge in [0, 0.05) is 6.54 Å². The largest absolute Gasteiger partial charge is 0.479 e. The lowest BCUT2D eigenvalue weighted by Crippen LogP contribution is -2.38. The number of hydrogen-bond donors (Lipinski definition) is 2. The smallest absolute Gasteiger partial charge is 0.332 e. The summed E-state index contributed by atoms with van der Waals surface area (Å²) in [4.78, 5) is 22.4. The van der Waals surface area contributed by atoms with Crippen molar-refractivity contribution in [2.24, 2.45) is 5.92 Å². The fourth-order valence-electron chi connectivity index (χ4n) is 2.40. The number of amides is 1. The Balaban J connectivity index is 1.75. The Morgan fingerprint density at radius 2 is 1.89 bits per heavy atom. The summed E-state index contributed by atoms with van der Waals surface area (Å²) in [6.07, 6.45) is -0.384. The van der Waals surface area contributed by atoms with E-state index in [2.05, 4.69) is 5.32 Å². The zero-order valence-corrected chi connectivity index (χ0v) is 11.2. The Bertz CT molecular complexity index is 474. The second kappa shape index (κ2) is 5.46. The molecule has 0 aromatic heterocycles. The molecule has 3 unspecified atom stereocenters. The van der Waals surface area contributed by atoms with Crippen molar-refractivity contribution in [2.45, 2.75) is 31.5 Å². The average Bonchev–Trinajstić information content (AvgIpc) is 2.92. The standard InChI is InChI=1S/C11H17NO6S/c13-10(8-1-2-9(18-8)11(14)15)12-5-7-3-4-19(16,17)6-7/h7-9H,1-6H2,(H,12,13)(H,14,15). The third-order valence-electron chi connectivity index (χ3n) is 3.48. The van der Waals surface area contributed by atoms with Crippen LogP contribution in [0.15, 0.2) is 0 Å². The number of aliphatic carboxylic acids is 1. The van der Waals surface area contributed by atoms with Gasteiger partial charge in [-0.1, -0.05) is 0 Å². The van der Waals surface area contributed by atoms with E-state index in [0.29, 0.717) is 25.8 Å². The van der Waals surface area contributed by atoms with Crippen molar-refractivity contribution < 1.29 is 27.9 Å². The minimum Gasteiger partial charge on any atom is -0.479 e. The first kappa shape index (κ1) is 14.3. The maximum absolute atomic E-state index is 11.8. The molecule has 2 N–H and O–H groups in total. The Labute approximate surface area is 111 Å². The Morgan fingerprint density at radius 1 is 1.21 bits per heavy atom. The Hall–Kier alpha value is -1.15. The predicted octanol–water partition coefficient (Wildman–Crippen LogP) is -0.830. The molecule has 2 heterocycles. The van der Waals surface area contributed by atoms with Gasteiger partial charge in [-0.3, -0.25) is 4.79 Å². The molecular formula is C11H17NO6S. The number of rotatable bonds is 4. The van der Waals surface area contributed by atoms with E-state index in [1.807, 2.05) is 0 Å². The number of carbonyl (C=O) groups excluding carboxylic acids is 1. The number of sulfone groups is 1. The molecule has 19 heavy (non-hydrogen) atoms. The van der Waals surface area contributed by atoms with Crippen molar-refractivity contribution in [2.75, 3.05) is 18.1 Å². The normalized spacial score (nSPS) is 33.2. The summed E-state index contributed by atoms with van der Waals surface area (Å²) in [6.45, 7) is 0.301. The highest BCUT2D eigenvalue weighted by molar-refractivity contribution is 7.91. The molecule has 0 aromatic rings. The molecule has 7 nitrogen and oxygen atoms in total. The van der Waals surface area contributed by atoms with E-state index in [0.717, 1.165) is 0 Å². The number of carboxylic acids is 1. The molecule has 0 aliphatic carbocycles. The summed E-state index contributed by atoms with van der Waals surface area (Å²) in [5, 5.41) is 11.4. The first-order valence-corrected chi connectivity index (χ1v) is 8.06. The van der Waals surface area contributed by atoms with Crippen LogP contribution in [0.25, 0.3) is 0 Å². The maximum Gasteiger partial charge on any atom is 0.332 e. The van der Waals surface area contributed by atoms with E-state index < -0.39 is 28.0 Å². The van der Waals surface area contributed by atoms with E-state index in [1.54, 1.807) is 0 Å². The van der Waals surface area contributed by atoms with E-state index >= 15 is 0 Å². The molecule has 8 heteroatoms. The molecule has 0 bridgehead atoms. The van der Waals surface area contributed by atoms with E-state index in [4.69, 9.17) is 9.84 Å². The molecule has 108 valence electrons.